The van der Waals surface area contributed by atoms with Crippen LogP contribution in [-0.4, -0.2) is 56.1 Å². The van der Waals surface area contributed by atoms with Crippen molar-refractivity contribution < 1.29 is 28.5 Å². The van der Waals surface area contributed by atoms with Crippen LogP contribution >= 0.6 is 0 Å². The fourth-order valence-corrected chi connectivity index (χ4v) is 4.84. The summed E-state index contributed by atoms with van der Waals surface area (Å²) in [5.41, 5.74) is 0.484. The summed E-state index contributed by atoms with van der Waals surface area (Å²) in [4.78, 5) is 28.0. The normalized spacial score (nSPS) is 16.4. The first-order valence-corrected chi connectivity index (χ1v) is 12.5. The Labute approximate surface area is 207 Å². The van der Waals surface area contributed by atoms with Gasteiger partial charge in [-0.25, -0.2) is 0 Å². The van der Waals surface area contributed by atoms with Gasteiger partial charge in [-0.3, -0.25) is 9.59 Å². The van der Waals surface area contributed by atoms with Gasteiger partial charge in [0.1, 0.15) is 34.2 Å². The molecule has 1 saturated heterocycles. The highest BCUT2D eigenvalue weighted by Gasteiger charge is 2.45. The number of methoxy groups -OCH3 is 2. The number of hydrogen-bond donors (Lipinski definition) is 0. The van der Waals surface area contributed by atoms with E-state index >= 15 is 0 Å². The molecular weight excluding hydrogens is 446 g/mol. The number of piperidine rings is 1. The molecule has 0 atom stereocenters. The predicted molar refractivity (Wildman–Crippen MR) is 133 cm³/mol. The lowest BCUT2D eigenvalue weighted by Crippen LogP contribution is -2.52. The number of carbonyl (C=O) groups excluding carboxylic acids is 2. The van der Waals surface area contributed by atoms with Gasteiger partial charge in [0.25, 0.3) is 5.91 Å². The van der Waals surface area contributed by atoms with Gasteiger partial charge in [0, 0.05) is 43.6 Å². The molecule has 2 aliphatic rings. The van der Waals surface area contributed by atoms with Gasteiger partial charge in [0.15, 0.2) is 5.78 Å². The standard InChI is InChI=1S/C28H35NO6/c1-4-5-6-7-16-34-21-10-8-20(9-11-21)27(31)29-14-12-28(13-15-29)19-23(30)26-24(33-3)17-22(32-2)18-25(26)35-28/h8-11,17-18H,4-7,12-16,19H2,1-3H3. The van der Waals surface area contributed by atoms with Crippen LogP contribution in [0.3, 0.4) is 0 Å². The lowest BCUT2D eigenvalue weighted by Gasteiger charge is -2.44. The van der Waals surface area contributed by atoms with E-state index in [-0.39, 0.29) is 18.1 Å². The fraction of sp³-hybridized carbons (Fsp3) is 0.500. The van der Waals surface area contributed by atoms with Gasteiger partial charge in [-0.1, -0.05) is 26.2 Å². The first-order chi connectivity index (χ1) is 17.0. The Bertz CT molecular complexity index is 1040. The van der Waals surface area contributed by atoms with E-state index in [0.29, 0.717) is 60.9 Å². The second-order valence-corrected chi connectivity index (χ2v) is 9.31. The average molecular weight is 482 g/mol. The lowest BCUT2D eigenvalue weighted by atomic mass is 9.82. The SMILES string of the molecule is CCCCCCOc1ccc(C(=O)N2CCC3(CC2)CC(=O)c2c(OC)cc(OC)cc2O3)cc1. The van der Waals surface area contributed by atoms with Crippen LogP contribution in [0.1, 0.15) is 72.6 Å². The Morgan fingerprint density at radius 3 is 2.40 bits per heavy atom. The largest absolute Gasteiger partial charge is 0.496 e. The molecule has 0 aromatic heterocycles. The Balaban J connectivity index is 1.36. The van der Waals surface area contributed by atoms with Gasteiger partial charge < -0.3 is 23.8 Å². The first-order valence-electron chi connectivity index (χ1n) is 12.5. The van der Waals surface area contributed by atoms with Gasteiger partial charge in [0.2, 0.25) is 0 Å². The average Bonchev–Trinajstić information content (AvgIpc) is 2.88. The zero-order chi connectivity index (χ0) is 24.8. The van der Waals surface area contributed by atoms with E-state index in [2.05, 4.69) is 6.92 Å². The second-order valence-electron chi connectivity index (χ2n) is 9.31. The molecular formula is C28H35NO6. The molecule has 7 nitrogen and oxygen atoms in total. The molecule has 2 aliphatic heterocycles. The molecule has 35 heavy (non-hydrogen) atoms. The highest BCUT2D eigenvalue weighted by atomic mass is 16.5. The highest BCUT2D eigenvalue weighted by Crippen LogP contribution is 2.44. The molecule has 2 heterocycles. The van der Waals surface area contributed by atoms with Crippen molar-refractivity contribution in [2.45, 2.75) is 57.5 Å². The summed E-state index contributed by atoms with van der Waals surface area (Å²) >= 11 is 0. The monoisotopic (exact) mass is 481 g/mol. The summed E-state index contributed by atoms with van der Waals surface area (Å²) in [6, 6.07) is 10.8. The molecule has 0 radical (unpaired) electrons. The van der Waals surface area contributed by atoms with Crippen LogP contribution in [0.2, 0.25) is 0 Å². The summed E-state index contributed by atoms with van der Waals surface area (Å²) in [6.45, 7) is 3.94. The Kier molecular flexibility index (Phi) is 7.83. The van der Waals surface area contributed by atoms with Crippen LogP contribution in [0.15, 0.2) is 36.4 Å². The van der Waals surface area contributed by atoms with E-state index in [4.69, 9.17) is 18.9 Å². The third-order valence-electron chi connectivity index (χ3n) is 6.91. The van der Waals surface area contributed by atoms with Crippen LogP contribution in [0, 0.1) is 0 Å². The van der Waals surface area contributed by atoms with Gasteiger partial charge in [0.05, 0.1) is 27.2 Å². The lowest BCUT2D eigenvalue weighted by molar-refractivity contribution is -0.00610. The number of amides is 1. The number of benzene rings is 2. The van der Waals surface area contributed by atoms with Gasteiger partial charge in [-0.15, -0.1) is 0 Å². The van der Waals surface area contributed by atoms with Crippen LogP contribution in [0.4, 0.5) is 0 Å². The van der Waals surface area contributed by atoms with Crippen LogP contribution in [-0.2, 0) is 0 Å². The van der Waals surface area contributed by atoms with Crippen molar-refractivity contribution in [3.63, 3.8) is 0 Å². The van der Waals surface area contributed by atoms with Crippen molar-refractivity contribution in [1.82, 2.24) is 4.90 Å². The number of fused-ring (bicyclic) bond motifs is 1. The minimum absolute atomic E-state index is 0.00388. The van der Waals surface area contributed by atoms with Crippen LogP contribution < -0.4 is 18.9 Å². The molecule has 1 fully saturated rings. The number of hydrogen-bond acceptors (Lipinski definition) is 6. The topological polar surface area (TPSA) is 74.3 Å². The smallest absolute Gasteiger partial charge is 0.253 e. The molecule has 2 aromatic rings. The van der Waals surface area contributed by atoms with Crippen molar-refractivity contribution in [3.8, 4) is 23.0 Å². The molecule has 4 rings (SSSR count). The van der Waals surface area contributed by atoms with Crippen molar-refractivity contribution in [1.29, 1.82) is 0 Å². The molecule has 188 valence electrons. The van der Waals surface area contributed by atoms with Crippen molar-refractivity contribution in [2.24, 2.45) is 0 Å². The number of Topliss-reactive ketones (excluding diaryl/α,β-unsaturated/α-hetero) is 1. The van der Waals surface area contributed by atoms with Gasteiger partial charge in [-0.2, -0.15) is 0 Å². The summed E-state index contributed by atoms with van der Waals surface area (Å²) < 4.78 is 22.9. The van der Waals surface area contributed by atoms with Crippen molar-refractivity contribution >= 4 is 11.7 Å². The number of ether oxygens (including phenoxy) is 4. The Hall–Kier alpha value is -3.22. The first kappa shape index (κ1) is 24.9. The van der Waals surface area contributed by atoms with E-state index in [9.17, 15) is 9.59 Å². The molecule has 1 spiro atoms. The highest BCUT2D eigenvalue weighted by molar-refractivity contribution is 6.03. The van der Waals surface area contributed by atoms with E-state index < -0.39 is 5.60 Å². The molecule has 0 bridgehead atoms. The number of likely N-dealkylation sites (tertiary alicyclic amines) is 1. The second kappa shape index (κ2) is 11.0. The molecule has 0 unspecified atom stereocenters. The third kappa shape index (κ3) is 5.55. The van der Waals surface area contributed by atoms with Crippen LogP contribution in [0.5, 0.6) is 23.0 Å². The maximum Gasteiger partial charge on any atom is 0.253 e. The van der Waals surface area contributed by atoms with Crippen LogP contribution in [0.25, 0.3) is 0 Å². The minimum atomic E-state index is -0.617. The van der Waals surface area contributed by atoms with Gasteiger partial charge >= 0.3 is 0 Å². The quantitative estimate of drug-likeness (QED) is 0.452. The molecule has 1 amide bonds. The van der Waals surface area contributed by atoms with Gasteiger partial charge in [-0.05, 0) is 30.7 Å². The van der Waals surface area contributed by atoms with E-state index in [1.807, 2.05) is 29.2 Å². The number of carbonyl (C=O) groups is 2. The number of unbranched alkanes of at least 4 members (excludes halogenated alkanes) is 3. The predicted octanol–water partition coefficient (Wildman–Crippen LogP) is 5.30. The molecule has 0 saturated carbocycles. The minimum Gasteiger partial charge on any atom is -0.496 e. The van der Waals surface area contributed by atoms with E-state index in [1.165, 1.54) is 26.4 Å². The molecule has 7 heteroatoms. The summed E-state index contributed by atoms with van der Waals surface area (Å²) in [6.07, 6.45) is 6.08. The fourth-order valence-electron chi connectivity index (χ4n) is 4.84. The maximum atomic E-state index is 13.1. The Morgan fingerprint density at radius 1 is 1.00 bits per heavy atom. The van der Waals surface area contributed by atoms with E-state index in [1.54, 1.807) is 19.2 Å². The maximum absolute atomic E-state index is 13.1. The van der Waals surface area contributed by atoms with Crippen molar-refractivity contribution in [2.75, 3.05) is 33.9 Å². The number of rotatable bonds is 9. The number of nitrogens with zero attached hydrogens (tertiary/aromatic N) is 1. The zero-order valence-corrected chi connectivity index (χ0v) is 20.9. The Morgan fingerprint density at radius 2 is 1.74 bits per heavy atom. The summed E-state index contributed by atoms with van der Waals surface area (Å²) in [5, 5.41) is 0. The van der Waals surface area contributed by atoms with Crippen molar-refractivity contribution in [3.05, 3.63) is 47.5 Å². The van der Waals surface area contributed by atoms with E-state index in [0.717, 1.165) is 12.2 Å². The molecule has 2 aromatic carbocycles. The zero-order valence-electron chi connectivity index (χ0n) is 20.9. The molecule has 0 N–H and O–H groups in total. The third-order valence-corrected chi connectivity index (χ3v) is 6.91. The molecule has 0 aliphatic carbocycles. The summed E-state index contributed by atoms with van der Waals surface area (Å²) in [5.74, 6) is 2.29. The summed E-state index contributed by atoms with van der Waals surface area (Å²) in [7, 11) is 3.10. The number of ketones is 1.